The van der Waals surface area contributed by atoms with Gasteiger partial charge in [-0.15, -0.1) is 0 Å². The molecule has 1 aliphatic carbocycles. The lowest BCUT2D eigenvalue weighted by Gasteiger charge is -2.35. The third-order valence-corrected chi connectivity index (χ3v) is 2.65. The molecule has 1 saturated carbocycles. The normalized spacial score (nSPS) is 27.7. The van der Waals surface area contributed by atoms with Gasteiger partial charge in [0.05, 0.1) is 6.10 Å². The number of nitrogens with one attached hydrogen (secondary N) is 1. The van der Waals surface area contributed by atoms with E-state index in [1.54, 1.807) is 0 Å². The average Bonchev–Trinajstić information content (AvgIpc) is 1.99. The zero-order valence-electron chi connectivity index (χ0n) is 9.18. The van der Waals surface area contributed by atoms with E-state index >= 15 is 0 Å². The second-order valence-corrected chi connectivity index (χ2v) is 4.38. The van der Waals surface area contributed by atoms with Crippen LogP contribution in [-0.4, -0.2) is 25.3 Å². The largest absolute Gasteiger partial charge is 0.378 e. The van der Waals surface area contributed by atoms with Crippen LogP contribution < -0.4 is 5.32 Å². The first-order valence-electron chi connectivity index (χ1n) is 5.57. The fourth-order valence-electron chi connectivity index (χ4n) is 1.68. The van der Waals surface area contributed by atoms with Gasteiger partial charge in [-0.3, -0.25) is 0 Å². The van der Waals surface area contributed by atoms with E-state index in [9.17, 15) is 0 Å². The number of hydrogen-bond acceptors (Lipinski definition) is 2. The number of hydrogen-bond donors (Lipinski definition) is 1. The van der Waals surface area contributed by atoms with Crippen molar-refractivity contribution in [2.45, 2.75) is 52.2 Å². The smallest absolute Gasteiger partial charge is 0.0604 e. The highest BCUT2D eigenvalue weighted by Crippen LogP contribution is 2.23. The van der Waals surface area contributed by atoms with Gasteiger partial charge in [0.25, 0.3) is 0 Å². The summed E-state index contributed by atoms with van der Waals surface area (Å²) in [6, 6.07) is 0.732. The first-order chi connectivity index (χ1) is 6.22. The highest BCUT2D eigenvalue weighted by Gasteiger charge is 2.28. The lowest BCUT2D eigenvalue weighted by atomic mass is 9.89. The molecule has 13 heavy (non-hydrogen) atoms. The fraction of sp³-hybridized carbons (Fsp3) is 1.00. The molecule has 0 amide bonds. The molecule has 2 nitrogen and oxygen atoms in total. The Morgan fingerprint density at radius 1 is 1.38 bits per heavy atom. The summed E-state index contributed by atoms with van der Waals surface area (Å²) in [6.07, 6.45) is 4.26. The Morgan fingerprint density at radius 3 is 2.62 bits per heavy atom. The summed E-state index contributed by atoms with van der Waals surface area (Å²) in [4.78, 5) is 0. The molecule has 0 aromatic heterocycles. The van der Waals surface area contributed by atoms with E-state index in [1.165, 1.54) is 25.8 Å². The third-order valence-electron chi connectivity index (χ3n) is 2.65. The quantitative estimate of drug-likeness (QED) is 0.685. The van der Waals surface area contributed by atoms with Gasteiger partial charge in [0.1, 0.15) is 0 Å². The summed E-state index contributed by atoms with van der Waals surface area (Å²) < 4.78 is 5.50. The molecule has 0 bridgehead atoms. The molecule has 0 aromatic rings. The molecule has 0 atom stereocenters. The van der Waals surface area contributed by atoms with Crippen molar-refractivity contribution in [2.75, 3.05) is 13.2 Å². The van der Waals surface area contributed by atoms with Crippen LogP contribution in [0, 0.1) is 5.92 Å². The molecule has 0 heterocycles. The summed E-state index contributed by atoms with van der Waals surface area (Å²) in [5.41, 5.74) is 0. The van der Waals surface area contributed by atoms with E-state index in [-0.39, 0.29) is 0 Å². The average molecular weight is 185 g/mol. The lowest BCUT2D eigenvalue weighted by molar-refractivity contribution is -0.00987. The summed E-state index contributed by atoms with van der Waals surface area (Å²) in [7, 11) is 0. The Kier molecular flexibility index (Phi) is 4.74. The molecular weight excluding hydrogens is 162 g/mol. The molecule has 0 unspecified atom stereocenters. The maximum Gasteiger partial charge on any atom is 0.0604 e. The molecule has 0 radical (unpaired) electrons. The Balaban J connectivity index is 1.90. The molecule has 0 aromatic carbocycles. The van der Waals surface area contributed by atoms with Crippen LogP contribution in [0.15, 0.2) is 0 Å². The highest BCUT2D eigenvalue weighted by molar-refractivity contribution is 4.85. The van der Waals surface area contributed by atoms with E-state index in [2.05, 4.69) is 26.1 Å². The van der Waals surface area contributed by atoms with Crippen molar-refractivity contribution in [3.63, 3.8) is 0 Å². The van der Waals surface area contributed by atoms with Crippen molar-refractivity contribution < 1.29 is 4.74 Å². The highest BCUT2D eigenvalue weighted by atomic mass is 16.5. The van der Waals surface area contributed by atoms with E-state index in [0.717, 1.165) is 18.6 Å². The maximum absolute atomic E-state index is 5.50. The Morgan fingerprint density at radius 2 is 2.08 bits per heavy atom. The fourth-order valence-corrected chi connectivity index (χ4v) is 1.68. The summed E-state index contributed by atoms with van der Waals surface area (Å²) >= 11 is 0. The van der Waals surface area contributed by atoms with E-state index < -0.39 is 0 Å². The van der Waals surface area contributed by atoms with E-state index in [0.29, 0.717) is 6.10 Å². The van der Waals surface area contributed by atoms with Crippen molar-refractivity contribution >= 4 is 0 Å². The van der Waals surface area contributed by atoms with Gasteiger partial charge in [0, 0.05) is 12.6 Å². The minimum Gasteiger partial charge on any atom is -0.378 e. The molecule has 0 spiro atoms. The van der Waals surface area contributed by atoms with Gasteiger partial charge in [-0.1, -0.05) is 13.8 Å². The predicted octanol–water partition coefficient (Wildman–Crippen LogP) is 2.19. The van der Waals surface area contributed by atoms with Crippen LogP contribution in [0.5, 0.6) is 0 Å². The van der Waals surface area contributed by atoms with Crippen LogP contribution in [0.1, 0.15) is 40.0 Å². The van der Waals surface area contributed by atoms with Gasteiger partial charge < -0.3 is 10.1 Å². The first kappa shape index (κ1) is 11.0. The molecule has 2 heteroatoms. The minimum atomic E-state index is 0.543. The van der Waals surface area contributed by atoms with Crippen molar-refractivity contribution in [2.24, 2.45) is 5.92 Å². The van der Waals surface area contributed by atoms with Crippen molar-refractivity contribution in [1.29, 1.82) is 0 Å². The van der Waals surface area contributed by atoms with Gasteiger partial charge in [-0.05, 0) is 38.6 Å². The molecule has 1 N–H and O–H groups in total. The zero-order chi connectivity index (χ0) is 9.68. The molecule has 1 rings (SSSR count). The topological polar surface area (TPSA) is 21.3 Å². The van der Waals surface area contributed by atoms with Gasteiger partial charge in [0.15, 0.2) is 0 Å². The van der Waals surface area contributed by atoms with Gasteiger partial charge in [-0.2, -0.15) is 0 Å². The second kappa shape index (κ2) is 5.61. The Hall–Kier alpha value is -0.0800. The standard InChI is InChI=1S/C11H23NO/c1-4-13-11-7-10(8-11)12-6-5-9(2)3/h9-12H,4-8H2,1-3H3. The van der Waals surface area contributed by atoms with Crippen LogP contribution >= 0.6 is 0 Å². The SMILES string of the molecule is CCOC1CC(NCCC(C)C)C1. The van der Waals surface area contributed by atoms with Crippen LogP contribution in [-0.2, 0) is 4.74 Å². The summed E-state index contributed by atoms with van der Waals surface area (Å²) in [5.74, 6) is 0.815. The van der Waals surface area contributed by atoms with Crippen LogP contribution in [0.3, 0.4) is 0 Å². The number of rotatable bonds is 6. The lowest BCUT2D eigenvalue weighted by Crippen LogP contribution is -2.45. The monoisotopic (exact) mass is 185 g/mol. The van der Waals surface area contributed by atoms with Crippen molar-refractivity contribution in [3.8, 4) is 0 Å². The molecule has 78 valence electrons. The van der Waals surface area contributed by atoms with Gasteiger partial charge in [-0.25, -0.2) is 0 Å². The van der Waals surface area contributed by atoms with Crippen molar-refractivity contribution in [3.05, 3.63) is 0 Å². The van der Waals surface area contributed by atoms with Crippen LogP contribution in [0.25, 0.3) is 0 Å². The summed E-state index contributed by atoms with van der Waals surface area (Å²) in [6.45, 7) is 8.64. The third kappa shape index (κ3) is 4.10. The molecule has 0 saturated heterocycles. The van der Waals surface area contributed by atoms with E-state index in [1.807, 2.05) is 0 Å². The predicted molar refractivity (Wildman–Crippen MR) is 55.9 cm³/mol. The van der Waals surface area contributed by atoms with Crippen LogP contribution in [0.2, 0.25) is 0 Å². The van der Waals surface area contributed by atoms with Gasteiger partial charge in [0.2, 0.25) is 0 Å². The molecule has 1 aliphatic rings. The second-order valence-electron chi connectivity index (χ2n) is 4.38. The Labute approximate surface area is 82.0 Å². The molecule has 0 aliphatic heterocycles. The minimum absolute atomic E-state index is 0.543. The van der Waals surface area contributed by atoms with Crippen LogP contribution in [0.4, 0.5) is 0 Å². The maximum atomic E-state index is 5.50. The van der Waals surface area contributed by atoms with Crippen molar-refractivity contribution in [1.82, 2.24) is 5.32 Å². The molecule has 1 fully saturated rings. The molecular formula is C11H23NO. The Bertz CT molecular complexity index is 130. The first-order valence-corrected chi connectivity index (χ1v) is 5.57. The van der Waals surface area contributed by atoms with Gasteiger partial charge >= 0.3 is 0 Å². The number of ether oxygens (including phenoxy) is 1. The van der Waals surface area contributed by atoms with E-state index in [4.69, 9.17) is 4.74 Å². The summed E-state index contributed by atoms with van der Waals surface area (Å²) in [5, 5.41) is 3.56. The zero-order valence-corrected chi connectivity index (χ0v) is 9.18.